The number of aliphatic hydroxyl groups is 1. The molecule has 5 N–H and O–H groups in total. The summed E-state index contributed by atoms with van der Waals surface area (Å²) in [5.41, 5.74) is 4.52. The van der Waals surface area contributed by atoms with Crippen LogP contribution in [0.4, 0.5) is 26.7 Å². The predicted molar refractivity (Wildman–Crippen MR) is 336 cm³/mol. The number of fused-ring (bicyclic) bond motifs is 4. The molecule has 2 aliphatic heterocycles. The van der Waals surface area contributed by atoms with Gasteiger partial charge < -0.3 is 59.5 Å². The number of nitrogens with zero attached hydrogens (tertiary/aromatic N) is 7. The number of carbonyl (C=O) groups excluding carboxylic acids is 8. The highest BCUT2D eigenvalue weighted by Gasteiger charge is 2.40. The molecule has 0 spiro atoms. The molecule has 2 aliphatic rings. The molecule has 1 saturated heterocycles. The first-order chi connectivity index (χ1) is 42.6. The maximum absolute atomic E-state index is 14.6. The molecule has 8 rings (SSSR count). The van der Waals surface area contributed by atoms with Gasteiger partial charge in [-0.2, -0.15) is 0 Å². The van der Waals surface area contributed by atoms with Gasteiger partial charge in [0.25, 0.3) is 11.8 Å². The second-order valence-electron chi connectivity index (χ2n) is 23.4. The van der Waals surface area contributed by atoms with Gasteiger partial charge in [-0.05, 0) is 123 Å². The molecule has 8 amide bonds. The molecule has 23 nitrogen and oxygen atoms in total. The third kappa shape index (κ3) is 16.2. The number of aromatic nitrogens is 2. The largest absolute Gasteiger partial charge is 0.508 e. The summed E-state index contributed by atoms with van der Waals surface area (Å²) in [7, 11) is 5.12. The minimum Gasteiger partial charge on any atom is -0.508 e. The number of imide groups is 1. The lowest BCUT2D eigenvalue weighted by Gasteiger charge is -2.29. The van der Waals surface area contributed by atoms with Crippen LogP contribution >= 0.6 is 11.6 Å². The summed E-state index contributed by atoms with van der Waals surface area (Å²) in [6.07, 6.45) is 3.09. The summed E-state index contributed by atoms with van der Waals surface area (Å²) in [5, 5.41) is 29.1. The second kappa shape index (κ2) is 30.0. The van der Waals surface area contributed by atoms with Gasteiger partial charge in [0, 0.05) is 99.0 Å². The van der Waals surface area contributed by atoms with E-state index in [4.69, 9.17) is 25.8 Å². The number of amides is 8. The van der Waals surface area contributed by atoms with Gasteiger partial charge in [0.2, 0.25) is 23.6 Å². The average molecular weight is 1240 g/mol. The third-order valence-corrected chi connectivity index (χ3v) is 16.4. The van der Waals surface area contributed by atoms with Crippen LogP contribution in [0.25, 0.3) is 16.4 Å². The van der Waals surface area contributed by atoms with Crippen molar-refractivity contribution in [2.75, 3.05) is 95.1 Å². The zero-order valence-corrected chi connectivity index (χ0v) is 52.3. The molecule has 2 aromatic heterocycles. The van der Waals surface area contributed by atoms with Crippen LogP contribution in [-0.2, 0) is 35.3 Å². The van der Waals surface area contributed by atoms with Gasteiger partial charge in [-0.15, -0.1) is 11.6 Å². The normalized spacial score (nSPS) is 15.4. The number of pyridine rings is 1. The van der Waals surface area contributed by atoms with Gasteiger partial charge in [-0.25, -0.2) is 14.6 Å². The fourth-order valence-electron chi connectivity index (χ4n) is 11.3. The third-order valence-electron chi connectivity index (χ3n) is 16.0. The fourth-order valence-corrected chi connectivity index (χ4v) is 11.5. The Hall–Kier alpha value is -8.64. The lowest BCUT2D eigenvalue weighted by atomic mass is 9.92. The Morgan fingerprint density at radius 1 is 0.831 bits per heavy atom. The Bertz CT molecular complexity index is 3550. The van der Waals surface area contributed by atoms with Gasteiger partial charge in [-0.1, -0.05) is 58.0 Å². The maximum Gasteiger partial charge on any atom is 0.415 e. The van der Waals surface area contributed by atoms with Crippen molar-refractivity contribution in [1.29, 1.82) is 0 Å². The molecule has 4 atom stereocenters. The number of alkyl halides is 1. The Labute approximate surface area is 522 Å². The Balaban J connectivity index is 0.903. The quantitative estimate of drug-likeness (QED) is 0.0186. The molecule has 1 unspecified atom stereocenters. The second-order valence-corrected chi connectivity index (χ2v) is 23.7. The van der Waals surface area contributed by atoms with Crippen molar-refractivity contribution in [3.8, 4) is 11.5 Å². The number of phenolic OH excluding ortho intramolecular Hbond substituents is 1. The number of phenols is 1. The summed E-state index contributed by atoms with van der Waals surface area (Å²) in [5.74, 6) is -2.23. The van der Waals surface area contributed by atoms with Crippen molar-refractivity contribution in [1.82, 2.24) is 34.3 Å². The number of hydrogen-bond donors (Lipinski definition) is 5. The monoisotopic (exact) mass is 1240 g/mol. The van der Waals surface area contributed by atoms with Gasteiger partial charge in [0.1, 0.15) is 35.5 Å². The Morgan fingerprint density at radius 2 is 1.56 bits per heavy atom. The number of aryl methyl sites for hydroxylation is 1. The lowest BCUT2D eigenvalue weighted by molar-refractivity contribution is -0.139. The summed E-state index contributed by atoms with van der Waals surface area (Å²) in [6.45, 7) is 9.74. The van der Waals surface area contributed by atoms with Crippen LogP contribution in [0.2, 0.25) is 0 Å². The van der Waals surface area contributed by atoms with Crippen LogP contribution in [0.3, 0.4) is 0 Å². The number of ether oxygens (including phenoxy) is 3. The fraction of sp³-hybridized carbons (Fsp3) is 0.431. The van der Waals surface area contributed by atoms with E-state index in [1.807, 2.05) is 52.8 Å². The highest BCUT2D eigenvalue weighted by Crippen LogP contribution is 2.47. The number of nitrogens with one attached hydrogen (secondary N) is 3. The van der Waals surface area contributed by atoms with E-state index in [-0.39, 0.29) is 136 Å². The molecule has 4 aromatic carbocycles. The molecular formula is C65H79ClN10O13. The van der Waals surface area contributed by atoms with Gasteiger partial charge in [-0.3, -0.25) is 38.6 Å². The van der Waals surface area contributed by atoms with Crippen LogP contribution < -0.4 is 25.6 Å². The molecule has 4 heterocycles. The van der Waals surface area contributed by atoms with Crippen molar-refractivity contribution in [3.63, 3.8) is 0 Å². The average Bonchev–Trinajstić information content (AvgIpc) is 1.83. The van der Waals surface area contributed by atoms with Gasteiger partial charge in [0.15, 0.2) is 0 Å². The number of anilines is 3. The van der Waals surface area contributed by atoms with Crippen molar-refractivity contribution in [2.45, 2.75) is 84.9 Å². The molecule has 0 radical (unpaired) electrons. The highest BCUT2D eigenvalue weighted by atomic mass is 35.5. The highest BCUT2D eigenvalue weighted by molar-refractivity contribution is 6.19. The van der Waals surface area contributed by atoms with Crippen LogP contribution in [0.5, 0.6) is 11.5 Å². The zero-order valence-electron chi connectivity index (χ0n) is 51.5. The molecule has 474 valence electrons. The zero-order chi connectivity index (χ0) is 64.2. The smallest absolute Gasteiger partial charge is 0.415 e. The van der Waals surface area contributed by atoms with E-state index < -0.39 is 42.0 Å². The number of benzene rings is 4. The summed E-state index contributed by atoms with van der Waals surface area (Å²) in [6, 6.07) is 21.7. The minimum absolute atomic E-state index is 0.00515. The van der Waals surface area contributed by atoms with Crippen LogP contribution in [-0.4, -0.2) is 178 Å². The molecule has 0 saturated carbocycles. The molecular weight excluding hydrogens is 1160 g/mol. The lowest BCUT2D eigenvalue weighted by Crippen LogP contribution is -2.52. The number of carbonyl (C=O) groups is 8. The number of imidazole rings is 1. The number of unbranched alkanes of at least 4 members (excludes halogenated alkanes) is 1. The Kier molecular flexibility index (Phi) is 22.4. The number of halogens is 1. The van der Waals surface area contributed by atoms with E-state index in [9.17, 15) is 48.6 Å². The topological polar surface area (TPSA) is 274 Å². The van der Waals surface area contributed by atoms with E-state index in [0.717, 1.165) is 16.5 Å². The molecule has 0 aliphatic carbocycles. The molecule has 89 heavy (non-hydrogen) atoms. The number of hydrogen-bond acceptors (Lipinski definition) is 15. The summed E-state index contributed by atoms with van der Waals surface area (Å²) in [4.78, 5) is 120. The first-order valence-corrected chi connectivity index (χ1v) is 30.4. The standard InChI is InChI=1S/C65H79ClN10O13/c1-39(2)49-32-55(79)75(62(49)83)25-10-9-14-50(70-61(82)58(40(3)4)71(6)7)60(81)67-45-19-15-42(16-20-45)38-88-64(85)72(8)26-27-73(28-30-87-31-29-77)65(86)89-53-33-52-57(56-41(5)12-11-13-48(53)56)44(34-66)35-76(52)63(84)51-37-74-36-46(21-24-54(74)69-51)68-59(80)43-17-22-47(78)23-18-43/h11-13,15-24,33,36-37,39-40,44,49-50,58,77-78H,9-10,14,25-32,34-35,38H2,1-8H3,(H,67,81)(H,68,80)(H,70,82)/t44-,49?,50+,58+/m1/s1. The summed E-state index contributed by atoms with van der Waals surface area (Å²) >= 11 is 6.65. The number of likely N-dealkylation sites (tertiary alicyclic amines) is 1. The summed E-state index contributed by atoms with van der Waals surface area (Å²) < 4.78 is 19.1. The van der Waals surface area contributed by atoms with E-state index in [2.05, 4.69) is 20.9 Å². The number of aliphatic hydroxyl groups excluding tert-OH is 1. The molecule has 6 aromatic rings. The Morgan fingerprint density at radius 3 is 2.24 bits per heavy atom. The van der Waals surface area contributed by atoms with Crippen LogP contribution in [0.15, 0.2) is 97.3 Å². The van der Waals surface area contributed by atoms with E-state index in [1.165, 1.54) is 46.0 Å². The number of likely N-dealkylation sites (N-methyl/N-ethyl adjacent to an activating group) is 2. The first-order valence-electron chi connectivity index (χ1n) is 29.8. The van der Waals surface area contributed by atoms with Crippen molar-refractivity contribution >= 4 is 92.7 Å². The van der Waals surface area contributed by atoms with E-state index in [1.54, 1.807) is 83.2 Å². The van der Waals surface area contributed by atoms with E-state index in [0.29, 0.717) is 52.1 Å². The van der Waals surface area contributed by atoms with E-state index >= 15 is 0 Å². The molecule has 1 fully saturated rings. The van der Waals surface area contributed by atoms with Crippen molar-refractivity contribution < 1.29 is 62.8 Å². The van der Waals surface area contributed by atoms with Gasteiger partial charge in [0.05, 0.1) is 37.2 Å². The minimum atomic E-state index is -0.924. The number of rotatable bonds is 27. The maximum atomic E-state index is 14.6. The van der Waals surface area contributed by atoms with Crippen molar-refractivity contribution in [2.24, 2.45) is 17.8 Å². The van der Waals surface area contributed by atoms with Crippen molar-refractivity contribution in [3.05, 3.63) is 125 Å². The number of aromatic hydroxyl groups is 1. The molecule has 0 bridgehead atoms. The van der Waals surface area contributed by atoms with Crippen LogP contribution in [0, 0.1) is 24.7 Å². The molecule has 24 heteroatoms. The van der Waals surface area contributed by atoms with Crippen LogP contribution in [0.1, 0.15) is 96.8 Å². The first kappa shape index (κ1) is 66.3. The van der Waals surface area contributed by atoms with Gasteiger partial charge >= 0.3 is 12.2 Å². The predicted octanol–water partition coefficient (Wildman–Crippen LogP) is 8.03. The SMILES string of the molecule is Cc1cccc2c(OC(=O)N(CCOCCO)CCN(C)C(=O)OCc3ccc(NC(=O)[C@H](CCCCN4C(=O)CC(C(C)C)C4=O)NC(=O)[C@H](C(C)C)N(C)C)cc3)cc3c(c12)[C@H](CCl)CN3C(=O)c1cn2cc(NC(=O)c3ccc(O)cc3)ccc2n1.